The van der Waals surface area contributed by atoms with Crippen molar-refractivity contribution in [1.29, 1.82) is 0 Å². The van der Waals surface area contributed by atoms with Crippen LogP contribution >= 0.6 is 11.3 Å². The molecule has 11 nitrogen and oxygen atoms in total. The first-order chi connectivity index (χ1) is 20.3. The molecule has 1 amide bonds. The fraction of sp³-hybridized carbons (Fsp3) is 0.300. The van der Waals surface area contributed by atoms with Gasteiger partial charge in [0.25, 0.3) is 5.91 Å². The molecule has 1 aliphatic carbocycles. The Labute approximate surface area is 246 Å². The summed E-state index contributed by atoms with van der Waals surface area (Å²) in [4.78, 5) is 17.4. The van der Waals surface area contributed by atoms with Crippen LogP contribution in [0, 0.1) is 6.92 Å². The number of carbonyl (C=O) groups excluding carboxylic acids is 1. The third-order valence-corrected chi connectivity index (χ3v) is 7.81. The molecule has 2 heterocycles. The number of aromatic nitrogens is 2. The van der Waals surface area contributed by atoms with E-state index in [4.69, 9.17) is 32.9 Å². The lowest BCUT2D eigenvalue weighted by Gasteiger charge is -2.36. The number of amides is 1. The second-order valence-corrected chi connectivity index (χ2v) is 10.3. The number of methoxy groups -OCH3 is 5. The van der Waals surface area contributed by atoms with Crippen LogP contribution in [0.1, 0.15) is 11.3 Å². The highest BCUT2D eigenvalue weighted by atomic mass is 32.1. The van der Waals surface area contributed by atoms with E-state index >= 15 is 0 Å². The number of hydrogen-bond acceptors (Lipinski definition) is 11. The second kappa shape index (κ2) is 12.3. The van der Waals surface area contributed by atoms with E-state index in [1.54, 1.807) is 57.8 Å². The zero-order chi connectivity index (χ0) is 29.9. The average Bonchev–Trinajstić information content (AvgIpc) is 3.67. The number of anilines is 1. The van der Waals surface area contributed by atoms with Crippen LogP contribution in [0.3, 0.4) is 0 Å². The van der Waals surface area contributed by atoms with Crippen LogP contribution in [0.4, 0.5) is 5.13 Å². The van der Waals surface area contributed by atoms with Gasteiger partial charge in [-0.25, -0.2) is 4.98 Å². The van der Waals surface area contributed by atoms with Crippen LogP contribution in [-0.4, -0.2) is 70.1 Å². The largest absolute Gasteiger partial charge is 0.493 e. The fourth-order valence-electron chi connectivity index (χ4n) is 4.65. The molecule has 0 aliphatic heterocycles. The summed E-state index contributed by atoms with van der Waals surface area (Å²) in [7, 11) is 7.64. The number of benzene rings is 2. The Balaban J connectivity index is 1.35. The van der Waals surface area contributed by atoms with Crippen molar-refractivity contribution in [2.45, 2.75) is 18.8 Å². The molecule has 0 spiro atoms. The Morgan fingerprint density at radius 3 is 2.43 bits per heavy atom. The number of carbonyl (C=O) groups is 1. The first-order valence-corrected chi connectivity index (χ1v) is 13.7. The standard InChI is InChI=1S/C30H31N3O8S/c1-17-8-7-9-24-27(17)32-29(42-24)31-26(34)16-40-25-14-18(10-11-30(25,38-5)39-6)21-15-20(33-41-21)19-12-22(35-2)28(37-4)23(13-19)36-3/h7-15,25H,16H2,1-6H3,(H,31,32,34). The summed E-state index contributed by atoms with van der Waals surface area (Å²) in [5.41, 5.74) is 3.82. The molecule has 42 heavy (non-hydrogen) atoms. The fourth-order valence-corrected chi connectivity index (χ4v) is 5.61. The van der Waals surface area contributed by atoms with Gasteiger partial charge in [-0.2, -0.15) is 0 Å². The van der Waals surface area contributed by atoms with Crippen molar-refractivity contribution < 1.29 is 37.7 Å². The maximum absolute atomic E-state index is 12.8. The summed E-state index contributed by atoms with van der Waals surface area (Å²) < 4.78 is 40.4. The summed E-state index contributed by atoms with van der Waals surface area (Å²) in [6.45, 7) is 1.72. The van der Waals surface area contributed by atoms with Gasteiger partial charge in [0.05, 0.1) is 31.5 Å². The highest BCUT2D eigenvalue weighted by Crippen LogP contribution is 2.41. The molecule has 1 atom stereocenters. The maximum Gasteiger partial charge on any atom is 0.252 e. The van der Waals surface area contributed by atoms with E-state index in [-0.39, 0.29) is 12.5 Å². The van der Waals surface area contributed by atoms with Crippen molar-refractivity contribution in [2.75, 3.05) is 47.5 Å². The number of nitrogens with zero attached hydrogens (tertiary/aromatic N) is 2. The highest BCUT2D eigenvalue weighted by molar-refractivity contribution is 7.22. The monoisotopic (exact) mass is 593 g/mol. The Morgan fingerprint density at radius 1 is 1.05 bits per heavy atom. The number of rotatable bonds is 11. The van der Waals surface area contributed by atoms with Gasteiger partial charge < -0.3 is 32.9 Å². The van der Waals surface area contributed by atoms with Gasteiger partial charge in [0.1, 0.15) is 18.4 Å². The molecular weight excluding hydrogens is 562 g/mol. The Bertz CT molecular complexity index is 1630. The van der Waals surface area contributed by atoms with E-state index in [9.17, 15) is 4.79 Å². The van der Waals surface area contributed by atoms with Crippen LogP contribution < -0.4 is 19.5 Å². The van der Waals surface area contributed by atoms with Crippen molar-refractivity contribution in [3.8, 4) is 28.5 Å². The van der Waals surface area contributed by atoms with Crippen molar-refractivity contribution >= 4 is 38.2 Å². The third-order valence-electron chi connectivity index (χ3n) is 6.88. The molecule has 2 aromatic heterocycles. The number of ether oxygens (including phenoxy) is 6. The molecule has 0 saturated carbocycles. The molecule has 220 valence electrons. The van der Waals surface area contributed by atoms with E-state index < -0.39 is 11.9 Å². The van der Waals surface area contributed by atoms with Gasteiger partial charge in [0.2, 0.25) is 11.5 Å². The van der Waals surface area contributed by atoms with E-state index in [0.29, 0.717) is 45.0 Å². The van der Waals surface area contributed by atoms with Gasteiger partial charge in [-0.1, -0.05) is 28.6 Å². The Hall–Kier alpha value is -4.23. The first-order valence-electron chi connectivity index (χ1n) is 12.9. The summed E-state index contributed by atoms with van der Waals surface area (Å²) in [6, 6.07) is 11.3. The molecule has 1 unspecified atom stereocenters. The zero-order valence-corrected chi connectivity index (χ0v) is 24.9. The molecule has 1 aliphatic rings. The molecule has 0 radical (unpaired) electrons. The lowest BCUT2D eigenvalue weighted by Crippen LogP contribution is -2.47. The lowest BCUT2D eigenvalue weighted by atomic mass is 9.96. The SMILES string of the molecule is COc1cc(-c2cc(C3=CC(OCC(=O)Nc4nc5c(C)cccc5s4)C(OC)(OC)C=C3)on2)cc(OC)c1OC. The summed E-state index contributed by atoms with van der Waals surface area (Å²) in [5, 5.41) is 7.56. The van der Waals surface area contributed by atoms with Crippen LogP contribution in [0.5, 0.6) is 17.2 Å². The number of aryl methyl sites for hydroxylation is 1. The van der Waals surface area contributed by atoms with Crippen LogP contribution in [0.15, 0.2) is 59.1 Å². The minimum Gasteiger partial charge on any atom is -0.493 e. The van der Waals surface area contributed by atoms with Gasteiger partial charge in [-0.15, -0.1) is 0 Å². The van der Waals surface area contributed by atoms with Crippen LogP contribution in [0.25, 0.3) is 27.0 Å². The van der Waals surface area contributed by atoms with E-state index in [0.717, 1.165) is 15.8 Å². The third kappa shape index (κ3) is 5.61. The number of nitrogens with one attached hydrogen (secondary N) is 1. The topological polar surface area (TPSA) is 123 Å². The van der Waals surface area contributed by atoms with Crippen molar-refractivity contribution in [3.05, 3.63) is 65.9 Å². The smallest absolute Gasteiger partial charge is 0.252 e. The molecule has 5 rings (SSSR count). The minimum atomic E-state index is -1.25. The normalized spacial score (nSPS) is 15.9. The number of allylic oxidation sites excluding steroid dienone is 2. The summed E-state index contributed by atoms with van der Waals surface area (Å²) >= 11 is 1.40. The zero-order valence-electron chi connectivity index (χ0n) is 24.0. The molecule has 0 saturated heterocycles. The molecular formula is C30H31N3O8S. The van der Waals surface area contributed by atoms with Crippen molar-refractivity contribution in [1.82, 2.24) is 10.1 Å². The predicted octanol–water partition coefficient (Wildman–Crippen LogP) is 5.25. The van der Waals surface area contributed by atoms with Gasteiger partial charge in [0, 0.05) is 31.4 Å². The second-order valence-electron chi connectivity index (χ2n) is 9.30. The molecule has 12 heteroatoms. The average molecular weight is 594 g/mol. The lowest BCUT2D eigenvalue weighted by molar-refractivity contribution is -0.225. The number of hydrogen-bond donors (Lipinski definition) is 1. The van der Waals surface area contributed by atoms with E-state index in [1.165, 1.54) is 25.6 Å². The van der Waals surface area contributed by atoms with Gasteiger partial charge >= 0.3 is 0 Å². The van der Waals surface area contributed by atoms with Crippen molar-refractivity contribution in [2.24, 2.45) is 0 Å². The van der Waals surface area contributed by atoms with Gasteiger partial charge in [-0.05, 0) is 48.9 Å². The predicted molar refractivity (Wildman–Crippen MR) is 158 cm³/mol. The maximum atomic E-state index is 12.8. The van der Waals surface area contributed by atoms with Crippen LogP contribution in [0.2, 0.25) is 0 Å². The minimum absolute atomic E-state index is 0.265. The quantitative estimate of drug-likeness (QED) is 0.231. The number of para-hydroxylation sites is 1. The van der Waals surface area contributed by atoms with Gasteiger partial charge in [-0.3, -0.25) is 10.1 Å². The molecule has 0 bridgehead atoms. The molecule has 4 aromatic rings. The number of thiazole rings is 1. The van der Waals surface area contributed by atoms with Crippen molar-refractivity contribution in [3.63, 3.8) is 0 Å². The van der Waals surface area contributed by atoms with Crippen LogP contribution in [-0.2, 0) is 19.0 Å². The van der Waals surface area contributed by atoms with E-state index in [2.05, 4.69) is 15.5 Å². The molecule has 0 fully saturated rings. The number of fused-ring (bicyclic) bond motifs is 1. The van der Waals surface area contributed by atoms with Gasteiger partial charge in [0.15, 0.2) is 22.4 Å². The first kappa shape index (κ1) is 29.3. The Morgan fingerprint density at radius 2 is 1.79 bits per heavy atom. The van der Waals surface area contributed by atoms with E-state index in [1.807, 2.05) is 25.1 Å². The summed E-state index contributed by atoms with van der Waals surface area (Å²) in [6.07, 6.45) is 4.48. The molecule has 1 N–H and O–H groups in total. The molecule has 2 aromatic carbocycles. The summed E-state index contributed by atoms with van der Waals surface area (Å²) in [5.74, 6) is 0.316. The highest BCUT2D eigenvalue weighted by Gasteiger charge is 2.40. The Kier molecular flexibility index (Phi) is 8.59.